The monoisotopic (exact) mass is 173 g/mol. The first-order valence-corrected chi connectivity index (χ1v) is 4.85. The second-order valence-electron chi connectivity index (χ2n) is 3.58. The Labute approximate surface area is 79.5 Å². The Morgan fingerprint density at radius 2 is 2.08 bits per heavy atom. The van der Waals surface area contributed by atoms with Gasteiger partial charge in [0.2, 0.25) is 0 Å². The van der Waals surface area contributed by atoms with Gasteiger partial charge in [0.05, 0.1) is 0 Å². The van der Waals surface area contributed by atoms with Crippen molar-refractivity contribution in [3.05, 3.63) is 41.6 Å². The molecule has 0 unspecified atom stereocenters. The molecule has 0 bridgehead atoms. The minimum atomic E-state index is 0.595. The highest BCUT2D eigenvalue weighted by atomic mass is 14.9. The highest BCUT2D eigenvalue weighted by Crippen LogP contribution is 2.33. The largest absolute Gasteiger partial charge is 0.359 e. The van der Waals surface area contributed by atoms with Gasteiger partial charge in [-0.3, -0.25) is 0 Å². The van der Waals surface area contributed by atoms with Gasteiger partial charge in [-0.2, -0.15) is 0 Å². The molecule has 0 fully saturated rings. The number of benzene rings is 1. The Morgan fingerprint density at radius 1 is 1.31 bits per heavy atom. The van der Waals surface area contributed by atoms with Crippen molar-refractivity contribution in [3.63, 3.8) is 0 Å². The second kappa shape index (κ2) is 3.25. The average molecular weight is 173 g/mol. The lowest BCUT2D eigenvalue weighted by atomic mass is 9.91. The smallest absolute Gasteiger partial charge is 0.0420 e. The molecule has 1 N–H and O–H groups in total. The average Bonchev–Trinajstić information content (AvgIpc) is 2.16. The van der Waals surface area contributed by atoms with Crippen molar-refractivity contribution in [2.24, 2.45) is 0 Å². The zero-order valence-corrected chi connectivity index (χ0v) is 8.17. The molecule has 1 nitrogen and oxygen atoms in total. The van der Waals surface area contributed by atoms with E-state index in [-0.39, 0.29) is 0 Å². The molecule has 1 atom stereocenters. The highest BCUT2D eigenvalue weighted by molar-refractivity contribution is 5.60. The van der Waals surface area contributed by atoms with Crippen LogP contribution in [0.3, 0.4) is 0 Å². The predicted molar refractivity (Wildman–Crippen MR) is 56.9 cm³/mol. The summed E-state index contributed by atoms with van der Waals surface area (Å²) in [6, 6.07) is 8.54. The van der Waals surface area contributed by atoms with Gasteiger partial charge in [0.1, 0.15) is 0 Å². The van der Waals surface area contributed by atoms with Crippen molar-refractivity contribution < 1.29 is 0 Å². The molecule has 1 aromatic rings. The quantitative estimate of drug-likeness (QED) is 0.685. The highest BCUT2D eigenvalue weighted by Gasteiger charge is 2.15. The Bertz CT molecular complexity index is 339. The van der Waals surface area contributed by atoms with E-state index in [1.165, 1.54) is 23.4 Å². The predicted octanol–water partition coefficient (Wildman–Crippen LogP) is 3.51. The van der Waals surface area contributed by atoms with Gasteiger partial charge in [0.25, 0.3) is 0 Å². The second-order valence-corrected chi connectivity index (χ2v) is 3.58. The standard InChI is InChI=1S/C12H15N/c1-3-10-8-9(2)13-12-7-5-4-6-11(10)12/h4-8,10,13H,3H2,1-2H3/t10-/m1/s1. The van der Waals surface area contributed by atoms with E-state index in [1.54, 1.807) is 0 Å². The number of anilines is 1. The third-order valence-corrected chi connectivity index (χ3v) is 2.58. The molecule has 0 saturated carbocycles. The van der Waals surface area contributed by atoms with Crippen LogP contribution in [-0.4, -0.2) is 0 Å². The third kappa shape index (κ3) is 1.46. The van der Waals surface area contributed by atoms with E-state index in [9.17, 15) is 0 Å². The van der Waals surface area contributed by atoms with Crippen molar-refractivity contribution in [2.45, 2.75) is 26.2 Å². The number of allylic oxidation sites excluding steroid dienone is 2. The first kappa shape index (κ1) is 8.36. The van der Waals surface area contributed by atoms with E-state index < -0.39 is 0 Å². The first-order chi connectivity index (χ1) is 6.31. The first-order valence-electron chi connectivity index (χ1n) is 4.85. The molecule has 0 saturated heterocycles. The van der Waals surface area contributed by atoms with E-state index in [1.807, 2.05) is 0 Å². The number of hydrogen-bond acceptors (Lipinski definition) is 1. The third-order valence-electron chi connectivity index (χ3n) is 2.58. The molecular formula is C12H15N. The van der Waals surface area contributed by atoms with Gasteiger partial charge in [-0.1, -0.05) is 31.2 Å². The van der Waals surface area contributed by atoms with Crippen LogP contribution in [0.25, 0.3) is 0 Å². The van der Waals surface area contributed by atoms with Gasteiger partial charge in [-0.05, 0) is 25.0 Å². The van der Waals surface area contributed by atoms with E-state index in [0.29, 0.717) is 5.92 Å². The van der Waals surface area contributed by atoms with Gasteiger partial charge in [0.15, 0.2) is 0 Å². The van der Waals surface area contributed by atoms with E-state index in [4.69, 9.17) is 0 Å². The van der Waals surface area contributed by atoms with Crippen LogP contribution < -0.4 is 5.32 Å². The maximum absolute atomic E-state index is 3.39. The minimum absolute atomic E-state index is 0.595. The van der Waals surface area contributed by atoms with Crippen LogP contribution >= 0.6 is 0 Å². The zero-order chi connectivity index (χ0) is 9.26. The molecule has 13 heavy (non-hydrogen) atoms. The van der Waals surface area contributed by atoms with Gasteiger partial charge in [-0.25, -0.2) is 0 Å². The summed E-state index contributed by atoms with van der Waals surface area (Å²) < 4.78 is 0. The van der Waals surface area contributed by atoms with Crippen LogP contribution in [0.15, 0.2) is 36.0 Å². The molecule has 1 aliphatic heterocycles. The molecule has 0 spiro atoms. The van der Waals surface area contributed by atoms with Crippen LogP contribution in [0.2, 0.25) is 0 Å². The van der Waals surface area contributed by atoms with Gasteiger partial charge in [-0.15, -0.1) is 0 Å². The number of rotatable bonds is 1. The Balaban J connectivity index is 2.44. The summed E-state index contributed by atoms with van der Waals surface area (Å²) in [4.78, 5) is 0. The number of hydrogen-bond donors (Lipinski definition) is 1. The molecule has 1 aliphatic rings. The number of fused-ring (bicyclic) bond motifs is 1. The van der Waals surface area contributed by atoms with Crippen LogP contribution in [-0.2, 0) is 0 Å². The number of nitrogens with one attached hydrogen (secondary N) is 1. The van der Waals surface area contributed by atoms with E-state index >= 15 is 0 Å². The topological polar surface area (TPSA) is 12.0 Å². The summed E-state index contributed by atoms with van der Waals surface area (Å²) in [7, 11) is 0. The molecule has 68 valence electrons. The van der Waals surface area contributed by atoms with Crippen LogP contribution in [0.1, 0.15) is 31.7 Å². The lowest BCUT2D eigenvalue weighted by Crippen LogP contribution is -2.09. The lowest BCUT2D eigenvalue weighted by molar-refractivity contribution is 0.790. The van der Waals surface area contributed by atoms with Crippen molar-refractivity contribution in [1.29, 1.82) is 0 Å². The fraction of sp³-hybridized carbons (Fsp3) is 0.333. The van der Waals surface area contributed by atoms with Crippen molar-refractivity contribution in [3.8, 4) is 0 Å². The van der Waals surface area contributed by atoms with E-state index in [0.717, 1.165) is 0 Å². The number of para-hydroxylation sites is 1. The SMILES string of the molecule is CC[C@@H]1C=C(C)Nc2ccccc21. The molecular weight excluding hydrogens is 158 g/mol. The maximum atomic E-state index is 3.39. The fourth-order valence-electron chi connectivity index (χ4n) is 1.92. The molecule has 0 radical (unpaired) electrons. The summed E-state index contributed by atoms with van der Waals surface area (Å²) in [5.74, 6) is 0.595. The normalized spacial score (nSPS) is 20.2. The van der Waals surface area contributed by atoms with Gasteiger partial charge in [0, 0.05) is 17.3 Å². The van der Waals surface area contributed by atoms with E-state index in [2.05, 4.69) is 49.5 Å². The van der Waals surface area contributed by atoms with Gasteiger partial charge < -0.3 is 5.32 Å². The maximum Gasteiger partial charge on any atom is 0.0420 e. The zero-order valence-electron chi connectivity index (χ0n) is 8.17. The van der Waals surface area contributed by atoms with Crippen molar-refractivity contribution >= 4 is 5.69 Å². The molecule has 1 heteroatoms. The fourth-order valence-corrected chi connectivity index (χ4v) is 1.92. The Morgan fingerprint density at radius 3 is 2.85 bits per heavy atom. The van der Waals surface area contributed by atoms with Crippen LogP contribution in [0, 0.1) is 0 Å². The Kier molecular flexibility index (Phi) is 2.09. The lowest BCUT2D eigenvalue weighted by Gasteiger charge is -2.23. The summed E-state index contributed by atoms with van der Waals surface area (Å²) in [5, 5.41) is 3.39. The molecule has 0 aromatic heterocycles. The van der Waals surface area contributed by atoms with Crippen LogP contribution in [0.5, 0.6) is 0 Å². The summed E-state index contributed by atoms with van der Waals surface area (Å²) in [5.41, 5.74) is 3.97. The summed E-state index contributed by atoms with van der Waals surface area (Å²) >= 11 is 0. The Hall–Kier alpha value is -1.24. The van der Waals surface area contributed by atoms with Gasteiger partial charge >= 0.3 is 0 Å². The molecule has 2 rings (SSSR count). The molecule has 0 amide bonds. The molecule has 1 heterocycles. The van der Waals surface area contributed by atoms with Crippen molar-refractivity contribution in [1.82, 2.24) is 0 Å². The molecule has 1 aromatic carbocycles. The minimum Gasteiger partial charge on any atom is -0.359 e. The summed E-state index contributed by atoms with van der Waals surface area (Å²) in [6.45, 7) is 4.36. The van der Waals surface area contributed by atoms with Crippen molar-refractivity contribution in [2.75, 3.05) is 5.32 Å². The molecule has 0 aliphatic carbocycles. The summed E-state index contributed by atoms with van der Waals surface area (Å²) in [6.07, 6.45) is 3.48. The van der Waals surface area contributed by atoms with Crippen LogP contribution in [0.4, 0.5) is 5.69 Å².